The first-order chi connectivity index (χ1) is 9.80. The molecule has 6 heteroatoms. The minimum atomic E-state index is -4.54. The van der Waals surface area contributed by atoms with E-state index >= 15 is 0 Å². The predicted octanol–water partition coefficient (Wildman–Crippen LogP) is 3.00. The summed E-state index contributed by atoms with van der Waals surface area (Å²) < 4.78 is 44.3. The summed E-state index contributed by atoms with van der Waals surface area (Å²) in [5.41, 5.74) is -1.22. The van der Waals surface area contributed by atoms with Gasteiger partial charge in [0.05, 0.1) is 12.2 Å². The number of morpholine rings is 1. The SMILES string of the molecule is CC(C)N1CCOC(C(=O)c2ccccc2C(F)(F)F)C1. The Labute approximate surface area is 121 Å². The fraction of sp³-hybridized carbons (Fsp3) is 0.533. The molecule has 1 fully saturated rings. The summed E-state index contributed by atoms with van der Waals surface area (Å²) in [4.78, 5) is 14.4. The molecule has 0 amide bonds. The third-order valence-electron chi connectivity index (χ3n) is 3.62. The number of carbonyl (C=O) groups excluding carboxylic acids is 1. The molecule has 1 heterocycles. The molecule has 0 aliphatic carbocycles. The Bertz CT molecular complexity index is 514. The summed E-state index contributed by atoms with van der Waals surface area (Å²) in [5.74, 6) is -0.603. The topological polar surface area (TPSA) is 29.5 Å². The first-order valence-electron chi connectivity index (χ1n) is 6.87. The monoisotopic (exact) mass is 301 g/mol. The Balaban J connectivity index is 2.24. The fourth-order valence-electron chi connectivity index (χ4n) is 2.42. The van der Waals surface area contributed by atoms with Gasteiger partial charge in [-0.1, -0.05) is 18.2 Å². The Hall–Kier alpha value is -1.40. The zero-order valence-electron chi connectivity index (χ0n) is 12.0. The van der Waals surface area contributed by atoms with Crippen molar-refractivity contribution in [3.63, 3.8) is 0 Å². The van der Waals surface area contributed by atoms with Crippen LogP contribution in [0.3, 0.4) is 0 Å². The van der Waals surface area contributed by atoms with Crippen molar-refractivity contribution in [3.8, 4) is 0 Å². The van der Waals surface area contributed by atoms with Gasteiger partial charge in [0, 0.05) is 24.7 Å². The van der Waals surface area contributed by atoms with Crippen molar-refractivity contribution in [1.82, 2.24) is 4.90 Å². The summed E-state index contributed by atoms with van der Waals surface area (Å²) in [6, 6.07) is 5.08. The second-order valence-electron chi connectivity index (χ2n) is 5.36. The summed E-state index contributed by atoms with van der Waals surface area (Å²) in [6.45, 7) is 5.32. The minimum absolute atomic E-state index is 0.224. The average Bonchev–Trinajstić information content (AvgIpc) is 2.45. The second-order valence-corrected chi connectivity index (χ2v) is 5.36. The first kappa shape index (κ1) is 16.0. The van der Waals surface area contributed by atoms with Crippen molar-refractivity contribution in [2.24, 2.45) is 0 Å². The summed E-state index contributed by atoms with van der Waals surface area (Å²) >= 11 is 0. The smallest absolute Gasteiger partial charge is 0.367 e. The van der Waals surface area contributed by atoms with Gasteiger partial charge in [0.25, 0.3) is 0 Å². The van der Waals surface area contributed by atoms with Crippen LogP contribution in [0.1, 0.15) is 29.8 Å². The molecule has 0 saturated carbocycles. The Kier molecular flexibility index (Phi) is 4.68. The van der Waals surface area contributed by atoms with Crippen LogP contribution in [-0.2, 0) is 10.9 Å². The number of alkyl halides is 3. The maximum atomic E-state index is 13.0. The number of carbonyl (C=O) groups is 1. The van der Waals surface area contributed by atoms with E-state index in [2.05, 4.69) is 0 Å². The summed E-state index contributed by atoms with van der Waals surface area (Å²) in [6.07, 6.45) is -5.39. The van der Waals surface area contributed by atoms with Crippen LogP contribution >= 0.6 is 0 Å². The van der Waals surface area contributed by atoms with Crippen molar-refractivity contribution in [2.45, 2.75) is 32.2 Å². The number of ether oxygens (including phenoxy) is 1. The maximum absolute atomic E-state index is 13.0. The van der Waals surface area contributed by atoms with Crippen LogP contribution in [0.4, 0.5) is 13.2 Å². The maximum Gasteiger partial charge on any atom is 0.417 e. The van der Waals surface area contributed by atoms with Gasteiger partial charge < -0.3 is 4.74 Å². The number of hydrogen-bond donors (Lipinski definition) is 0. The average molecular weight is 301 g/mol. The molecule has 1 aromatic carbocycles. The molecule has 0 aromatic heterocycles. The first-order valence-corrected chi connectivity index (χ1v) is 6.87. The molecule has 0 radical (unpaired) electrons. The van der Waals surface area contributed by atoms with E-state index in [0.717, 1.165) is 6.07 Å². The van der Waals surface area contributed by atoms with Crippen LogP contribution in [0.2, 0.25) is 0 Å². The molecule has 1 saturated heterocycles. The molecule has 1 aliphatic rings. The zero-order chi connectivity index (χ0) is 15.6. The molecule has 1 unspecified atom stereocenters. The zero-order valence-corrected chi connectivity index (χ0v) is 12.0. The fourth-order valence-corrected chi connectivity index (χ4v) is 2.42. The van der Waals surface area contributed by atoms with E-state index < -0.39 is 23.6 Å². The van der Waals surface area contributed by atoms with Gasteiger partial charge in [-0.2, -0.15) is 13.2 Å². The van der Waals surface area contributed by atoms with Crippen molar-refractivity contribution in [2.75, 3.05) is 19.7 Å². The van der Waals surface area contributed by atoms with Gasteiger partial charge in [0.15, 0.2) is 5.78 Å². The van der Waals surface area contributed by atoms with Gasteiger partial charge in [-0.05, 0) is 19.9 Å². The number of benzene rings is 1. The molecule has 21 heavy (non-hydrogen) atoms. The highest BCUT2D eigenvalue weighted by atomic mass is 19.4. The minimum Gasteiger partial charge on any atom is -0.367 e. The third-order valence-corrected chi connectivity index (χ3v) is 3.62. The largest absolute Gasteiger partial charge is 0.417 e. The van der Waals surface area contributed by atoms with E-state index in [1.165, 1.54) is 18.2 Å². The van der Waals surface area contributed by atoms with Crippen molar-refractivity contribution >= 4 is 5.78 Å². The van der Waals surface area contributed by atoms with E-state index in [9.17, 15) is 18.0 Å². The molecule has 116 valence electrons. The molecular formula is C15H18F3NO2. The lowest BCUT2D eigenvalue weighted by molar-refractivity contribution is -0.138. The van der Waals surface area contributed by atoms with Crippen LogP contribution in [0.25, 0.3) is 0 Å². The standard InChI is InChI=1S/C15H18F3NO2/c1-10(2)19-7-8-21-13(9-19)14(20)11-5-3-4-6-12(11)15(16,17)18/h3-6,10,13H,7-9H2,1-2H3. The lowest BCUT2D eigenvalue weighted by Gasteiger charge is -2.35. The van der Waals surface area contributed by atoms with Crippen LogP contribution in [0, 0.1) is 0 Å². The van der Waals surface area contributed by atoms with Crippen molar-refractivity contribution in [3.05, 3.63) is 35.4 Å². The van der Waals surface area contributed by atoms with Crippen LogP contribution < -0.4 is 0 Å². The Morgan fingerprint density at radius 2 is 2.00 bits per heavy atom. The number of ketones is 1. The second kappa shape index (κ2) is 6.15. The van der Waals surface area contributed by atoms with Crippen LogP contribution in [-0.4, -0.2) is 42.5 Å². The summed E-state index contributed by atoms with van der Waals surface area (Å²) in [7, 11) is 0. The number of nitrogens with zero attached hydrogens (tertiary/aromatic N) is 1. The van der Waals surface area contributed by atoms with Gasteiger partial charge in [0.1, 0.15) is 6.10 Å². The highest BCUT2D eigenvalue weighted by Gasteiger charge is 2.37. The number of Topliss-reactive ketones (excluding diaryl/α,β-unsaturated/α-hetero) is 1. The van der Waals surface area contributed by atoms with E-state index in [1.807, 2.05) is 18.7 Å². The molecule has 1 aliphatic heterocycles. The molecule has 0 spiro atoms. The lowest BCUT2D eigenvalue weighted by Crippen LogP contribution is -2.48. The van der Waals surface area contributed by atoms with Crippen LogP contribution in [0.5, 0.6) is 0 Å². The van der Waals surface area contributed by atoms with Crippen molar-refractivity contribution < 1.29 is 22.7 Å². The van der Waals surface area contributed by atoms with Gasteiger partial charge in [-0.3, -0.25) is 9.69 Å². The van der Waals surface area contributed by atoms with Crippen molar-refractivity contribution in [1.29, 1.82) is 0 Å². The third kappa shape index (κ3) is 3.63. The molecule has 3 nitrogen and oxygen atoms in total. The van der Waals surface area contributed by atoms with E-state index in [4.69, 9.17) is 4.74 Å². The Morgan fingerprint density at radius 3 is 2.62 bits per heavy atom. The molecule has 1 atom stereocenters. The number of halogens is 3. The predicted molar refractivity (Wildman–Crippen MR) is 72.2 cm³/mol. The molecule has 1 aromatic rings. The highest BCUT2D eigenvalue weighted by molar-refractivity contribution is 6.01. The van der Waals surface area contributed by atoms with Gasteiger partial charge in [-0.15, -0.1) is 0 Å². The molecule has 0 N–H and O–H groups in total. The summed E-state index contributed by atoms with van der Waals surface area (Å²) in [5, 5.41) is 0. The van der Waals surface area contributed by atoms with Gasteiger partial charge in [0.2, 0.25) is 0 Å². The highest BCUT2D eigenvalue weighted by Crippen LogP contribution is 2.32. The van der Waals surface area contributed by atoms with Gasteiger partial charge in [-0.25, -0.2) is 0 Å². The number of rotatable bonds is 3. The van der Waals surface area contributed by atoms with E-state index in [1.54, 1.807) is 0 Å². The van der Waals surface area contributed by atoms with Crippen LogP contribution in [0.15, 0.2) is 24.3 Å². The van der Waals surface area contributed by atoms with Gasteiger partial charge >= 0.3 is 6.18 Å². The van der Waals surface area contributed by atoms with E-state index in [-0.39, 0.29) is 11.6 Å². The molecular weight excluding hydrogens is 283 g/mol. The van der Waals surface area contributed by atoms with E-state index in [0.29, 0.717) is 19.7 Å². The quantitative estimate of drug-likeness (QED) is 0.804. The number of hydrogen-bond acceptors (Lipinski definition) is 3. The lowest BCUT2D eigenvalue weighted by atomic mass is 9.98. The Morgan fingerprint density at radius 1 is 1.33 bits per heavy atom. The molecule has 2 rings (SSSR count). The molecule has 0 bridgehead atoms. The normalized spacial score (nSPS) is 20.8.